The monoisotopic (exact) mass is 415 g/mol. The van der Waals surface area contributed by atoms with Gasteiger partial charge in [-0.3, -0.25) is 14.9 Å². The summed E-state index contributed by atoms with van der Waals surface area (Å²) in [7, 11) is 0. The largest absolute Gasteiger partial charge is 0.467 e. The van der Waals surface area contributed by atoms with Gasteiger partial charge in [-0.2, -0.15) is 0 Å². The van der Waals surface area contributed by atoms with Gasteiger partial charge in [-0.25, -0.2) is 4.79 Å². The molecule has 1 aliphatic rings. The van der Waals surface area contributed by atoms with E-state index in [-0.39, 0.29) is 23.5 Å². The number of carbonyl (C=O) groups is 2. The van der Waals surface area contributed by atoms with Crippen LogP contribution in [-0.2, 0) is 11.3 Å². The summed E-state index contributed by atoms with van der Waals surface area (Å²) in [5.74, 6) is 0.479. The summed E-state index contributed by atoms with van der Waals surface area (Å²) >= 11 is 0. The van der Waals surface area contributed by atoms with Gasteiger partial charge in [0, 0.05) is 38.2 Å². The maximum absolute atomic E-state index is 12.4. The Morgan fingerprint density at radius 3 is 2.57 bits per heavy atom. The van der Waals surface area contributed by atoms with Crippen molar-refractivity contribution in [1.29, 1.82) is 0 Å². The van der Waals surface area contributed by atoms with Crippen molar-refractivity contribution in [1.82, 2.24) is 15.5 Å². The van der Waals surface area contributed by atoms with Gasteiger partial charge in [0.2, 0.25) is 5.91 Å². The number of nitrogens with zero attached hydrogens (tertiary/aromatic N) is 2. The molecule has 1 aromatic heterocycles. The molecule has 1 aromatic carbocycles. The van der Waals surface area contributed by atoms with E-state index in [4.69, 9.17) is 4.42 Å². The lowest BCUT2D eigenvalue weighted by molar-refractivity contribution is -0.384. The molecule has 1 saturated heterocycles. The Hall–Kier alpha value is -3.56. The van der Waals surface area contributed by atoms with Crippen molar-refractivity contribution < 1.29 is 18.9 Å². The minimum absolute atomic E-state index is 0.00141. The SMILES string of the molecule is O=C(NCCNc1ccccc1[N+](=O)[O-])C1CCN(C(=O)NCc2ccco2)CC1. The van der Waals surface area contributed by atoms with Crippen molar-refractivity contribution >= 4 is 23.3 Å². The number of nitro groups is 1. The van der Waals surface area contributed by atoms with Crippen molar-refractivity contribution in [2.24, 2.45) is 5.92 Å². The Morgan fingerprint density at radius 2 is 1.87 bits per heavy atom. The first-order valence-electron chi connectivity index (χ1n) is 9.84. The normalized spacial score (nSPS) is 14.2. The number of para-hydroxylation sites is 2. The molecule has 10 heteroatoms. The first-order chi connectivity index (χ1) is 14.5. The van der Waals surface area contributed by atoms with Crippen LogP contribution in [-0.4, -0.2) is 47.9 Å². The summed E-state index contributed by atoms with van der Waals surface area (Å²) in [5, 5.41) is 19.6. The molecule has 10 nitrogen and oxygen atoms in total. The number of nitrogens with one attached hydrogen (secondary N) is 3. The summed E-state index contributed by atoms with van der Waals surface area (Å²) in [6.07, 6.45) is 2.75. The van der Waals surface area contributed by atoms with Gasteiger partial charge in [0.25, 0.3) is 5.69 Å². The van der Waals surface area contributed by atoms with Crippen LogP contribution >= 0.6 is 0 Å². The predicted molar refractivity (Wildman–Crippen MR) is 110 cm³/mol. The molecule has 0 bridgehead atoms. The number of furan rings is 1. The van der Waals surface area contributed by atoms with Crippen LogP contribution in [0.4, 0.5) is 16.2 Å². The molecule has 160 valence electrons. The Bertz CT molecular complexity index is 862. The van der Waals surface area contributed by atoms with Crippen LogP contribution in [0, 0.1) is 16.0 Å². The summed E-state index contributed by atoms with van der Waals surface area (Å²) in [6, 6.07) is 9.77. The molecule has 1 fully saturated rings. The number of urea groups is 1. The fourth-order valence-corrected chi connectivity index (χ4v) is 3.34. The molecule has 0 atom stereocenters. The van der Waals surface area contributed by atoms with Gasteiger partial charge in [0.05, 0.1) is 17.7 Å². The second-order valence-corrected chi connectivity index (χ2v) is 6.99. The Labute approximate surface area is 173 Å². The molecule has 0 radical (unpaired) electrons. The second-order valence-electron chi connectivity index (χ2n) is 6.99. The predicted octanol–water partition coefficient (Wildman–Crippen LogP) is 2.34. The number of hydrogen-bond acceptors (Lipinski definition) is 6. The lowest BCUT2D eigenvalue weighted by Crippen LogP contribution is -2.47. The number of rotatable bonds is 8. The average Bonchev–Trinajstić information content (AvgIpc) is 3.29. The molecular formula is C20H25N5O5. The van der Waals surface area contributed by atoms with E-state index in [1.165, 1.54) is 6.07 Å². The Morgan fingerprint density at radius 1 is 1.10 bits per heavy atom. The van der Waals surface area contributed by atoms with E-state index in [0.717, 1.165) is 0 Å². The van der Waals surface area contributed by atoms with Gasteiger partial charge in [-0.1, -0.05) is 12.1 Å². The first-order valence-corrected chi connectivity index (χ1v) is 9.84. The number of benzene rings is 1. The van der Waals surface area contributed by atoms with Crippen LogP contribution in [0.2, 0.25) is 0 Å². The molecule has 3 amide bonds. The second kappa shape index (κ2) is 10.3. The number of amides is 3. The van der Waals surface area contributed by atoms with E-state index in [2.05, 4.69) is 16.0 Å². The summed E-state index contributed by atoms with van der Waals surface area (Å²) in [5.41, 5.74) is 0.423. The van der Waals surface area contributed by atoms with Crippen molar-refractivity contribution in [2.75, 3.05) is 31.5 Å². The minimum Gasteiger partial charge on any atom is -0.467 e. The maximum Gasteiger partial charge on any atom is 0.317 e. The number of anilines is 1. The van der Waals surface area contributed by atoms with Crippen LogP contribution in [0.3, 0.4) is 0 Å². The number of piperidine rings is 1. The average molecular weight is 415 g/mol. The molecular weight excluding hydrogens is 390 g/mol. The summed E-state index contributed by atoms with van der Waals surface area (Å²) in [4.78, 5) is 36.8. The summed E-state index contributed by atoms with van der Waals surface area (Å²) < 4.78 is 5.19. The van der Waals surface area contributed by atoms with Crippen LogP contribution in [0.5, 0.6) is 0 Å². The molecule has 30 heavy (non-hydrogen) atoms. The lowest BCUT2D eigenvalue weighted by atomic mass is 9.96. The molecule has 2 aromatic rings. The minimum atomic E-state index is -0.445. The van der Waals surface area contributed by atoms with Crippen LogP contribution in [0.25, 0.3) is 0 Å². The van der Waals surface area contributed by atoms with Gasteiger partial charge in [0.1, 0.15) is 11.4 Å². The fourth-order valence-electron chi connectivity index (χ4n) is 3.34. The highest BCUT2D eigenvalue weighted by Gasteiger charge is 2.27. The molecule has 0 aliphatic carbocycles. The zero-order chi connectivity index (χ0) is 21.3. The van der Waals surface area contributed by atoms with E-state index >= 15 is 0 Å². The topological polar surface area (TPSA) is 130 Å². The van der Waals surface area contributed by atoms with Crippen molar-refractivity contribution in [2.45, 2.75) is 19.4 Å². The highest BCUT2D eigenvalue weighted by Crippen LogP contribution is 2.22. The molecule has 3 rings (SSSR count). The highest BCUT2D eigenvalue weighted by atomic mass is 16.6. The van der Waals surface area contributed by atoms with E-state index in [1.54, 1.807) is 41.5 Å². The number of hydrogen-bond donors (Lipinski definition) is 3. The maximum atomic E-state index is 12.4. The van der Waals surface area contributed by atoms with Crippen molar-refractivity contribution in [3.8, 4) is 0 Å². The van der Waals surface area contributed by atoms with E-state index in [9.17, 15) is 19.7 Å². The third-order valence-electron chi connectivity index (χ3n) is 4.99. The van der Waals surface area contributed by atoms with Crippen molar-refractivity contribution in [3.63, 3.8) is 0 Å². The molecule has 1 aliphatic heterocycles. The van der Waals surface area contributed by atoms with Crippen LogP contribution < -0.4 is 16.0 Å². The third-order valence-corrected chi connectivity index (χ3v) is 4.99. The summed E-state index contributed by atoms with van der Waals surface area (Å²) in [6.45, 7) is 2.09. The quantitative estimate of drug-likeness (QED) is 0.345. The van der Waals surface area contributed by atoms with E-state index in [0.29, 0.717) is 57.0 Å². The van der Waals surface area contributed by atoms with Gasteiger partial charge in [-0.15, -0.1) is 0 Å². The Balaban J connectivity index is 1.34. The molecule has 2 heterocycles. The van der Waals surface area contributed by atoms with Crippen LogP contribution in [0.1, 0.15) is 18.6 Å². The third kappa shape index (κ3) is 5.72. The number of likely N-dealkylation sites (tertiary alicyclic amines) is 1. The standard InChI is InChI=1S/C20H25N5O5/c26-19(22-10-9-21-17-5-1-2-6-18(17)25(28)29)15-7-11-24(12-8-15)20(27)23-14-16-4-3-13-30-16/h1-6,13,15,21H,7-12,14H2,(H,22,26)(H,23,27). The molecule has 0 unspecified atom stereocenters. The molecule has 3 N–H and O–H groups in total. The number of carbonyl (C=O) groups excluding carboxylic acids is 2. The van der Waals surface area contributed by atoms with E-state index < -0.39 is 4.92 Å². The first kappa shape index (κ1) is 21.2. The van der Waals surface area contributed by atoms with Gasteiger partial charge in [0.15, 0.2) is 0 Å². The zero-order valence-electron chi connectivity index (χ0n) is 16.5. The molecule has 0 spiro atoms. The zero-order valence-corrected chi connectivity index (χ0v) is 16.5. The fraction of sp³-hybridized carbons (Fsp3) is 0.400. The van der Waals surface area contributed by atoms with Gasteiger partial charge < -0.3 is 25.3 Å². The molecule has 0 saturated carbocycles. The van der Waals surface area contributed by atoms with Crippen LogP contribution in [0.15, 0.2) is 47.1 Å². The Kier molecular flexibility index (Phi) is 7.25. The van der Waals surface area contributed by atoms with Crippen molar-refractivity contribution in [3.05, 3.63) is 58.5 Å². The number of nitro benzene ring substituents is 1. The van der Waals surface area contributed by atoms with Gasteiger partial charge in [-0.05, 0) is 31.0 Å². The lowest BCUT2D eigenvalue weighted by Gasteiger charge is -2.31. The van der Waals surface area contributed by atoms with E-state index in [1.807, 2.05) is 0 Å². The smallest absolute Gasteiger partial charge is 0.317 e. The van der Waals surface area contributed by atoms with Gasteiger partial charge >= 0.3 is 6.03 Å². The highest BCUT2D eigenvalue weighted by molar-refractivity contribution is 5.79.